The van der Waals surface area contributed by atoms with Gasteiger partial charge in [0, 0.05) is 18.9 Å². The van der Waals surface area contributed by atoms with E-state index in [1.54, 1.807) is 10.2 Å². The maximum Gasteiger partial charge on any atom is 0.331 e. The number of ether oxygens (including phenoxy) is 1. The van der Waals surface area contributed by atoms with Crippen molar-refractivity contribution in [3.05, 3.63) is 34.5 Å². The van der Waals surface area contributed by atoms with Crippen LogP contribution in [0.4, 0.5) is 0 Å². The highest BCUT2D eigenvalue weighted by Gasteiger charge is 2.45. The quantitative estimate of drug-likeness (QED) is 0.0588. The van der Waals surface area contributed by atoms with Gasteiger partial charge in [-0.15, -0.1) is 0 Å². The molecule has 1 aliphatic rings. The van der Waals surface area contributed by atoms with Gasteiger partial charge in [-0.25, -0.2) is 4.79 Å². The first kappa shape index (κ1) is 31.5. The Kier molecular flexibility index (Phi) is 13.8. The van der Waals surface area contributed by atoms with E-state index in [4.69, 9.17) is 13.6 Å². The molecule has 1 heterocycles. The molecular formula is C26H45IO5Si2. The summed E-state index contributed by atoms with van der Waals surface area (Å²) < 4.78 is 21.4. The Morgan fingerprint density at radius 3 is 2.15 bits per heavy atom. The lowest BCUT2D eigenvalue weighted by atomic mass is 9.93. The molecule has 0 amide bonds. The monoisotopic (exact) mass is 620 g/mol. The van der Waals surface area contributed by atoms with Crippen LogP contribution >= 0.6 is 22.6 Å². The number of halogens is 1. The van der Waals surface area contributed by atoms with Crippen molar-refractivity contribution in [2.75, 3.05) is 0 Å². The predicted octanol–water partition coefficient (Wildman–Crippen LogP) is 7.49. The summed E-state index contributed by atoms with van der Waals surface area (Å²) in [4.78, 5) is 24.7. The molecule has 0 saturated heterocycles. The molecule has 194 valence electrons. The molecule has 1 aliphatic heterocycles. The van der Waals surface area contributed by atoms with Crippen LogP contribution in [-0.4, -0.2) is 46.2 Å². The normalized spacial score (nSPS) is 20.0. The first-order valence-electron chi connectivity index (χ1n) is 12.8. The second-order valence-electron chi connectivity index (χ2n) is 9.32. The maximum atomic E-state index is 12.9. The van der Waals surface area contributed by atoms with Crippen molar-refractivity contribution in [1.82, 2.24) is 0 Å². The number of carbonyl (C=O) groups is 2. The number of hydrogen-bond acceptors (Lipinski definition) is 5. The topological polar surface area (TPSA) is 61.8 Å². The van der Waals surface area contributed by atoms with Gasteiger partial charge in [-0.05, 0) is 59.4 Å². The van der Waals surface area contributed by atoms with E-state index in [9.17, 15) is 9.59 Å². The zero-order valence-corrected chi connectivity index (χ0v) is 26.4. The minimum atomic E-state index is -2.06. The molecule has 3 atom stereocenters. The van der Waals surface area contributed by atoms with E-state index < -0.39 is 28.3 Å². The second kappa shape index (κ2) is 14.9. The highest BCUT2D eigenvalue weighted by atomic mass is 127. The van der Waals surface area contributed by atoms with Gasteiger partial charge in [-0.1, -0.05) is 76.3 Å². The van der Waals surface area contributed by atoms with Crippen LogP contribution < -0.4 is 0 Å². The van der Waals surface area contributed by atoms with E-state index >= 15 is 0 Å². The van der Waals surface area contributed by atoms with Crippen molar-refractivity contribution >= 4 is 51.0 Å². The molecule has 0 bridgehead atoms. The van der Waals surface area contributed by atoms with E-state index in [0.29, 0.717) is 6.42 Å². The van der Waals surface area contributed by atoms with E-state index in [0.717, 1.165) is 36.3 Å². The number of ketones is 1. The lowest BCUT2D eigenvalue weighted by Crippen LogP contribution is -2.55. The fourth-order valence-electron chi connectivity index (χ4n) is 4.58. The van der Waals surface area contributed by atoms with Crippen LogP contribution in [0.2, 0.25) is 36.3 Å². The summed E-state index contributed by atoms with van der Waals surface area (Å²) in [7, 11) is -4.10. The maximum absolute atomic E-state index is 12.9. The minimum Gasteiger partial charge on any atom is -0.455 e. The third kappa shape index (κ3) is 8.83. The second-order valence-corrected chi connectivity index (χ2v) is 19.4. The van der Waals surface area contributed by atoms with Gasteiger partial charge in [-0.2, -0.15) is 0 Å². The summed E-state index contributed by atoms with van der Waals surface area (Å²) in [5.41, 5.74) is -0.797. The first-order valence-corrected chi connectivity index (χ1v) is 19.1. The van der Waals surface area contributed by atoms with Crippen LogP contribution in [-0.2, 0) is 23.2 Å². The highest BCUT2D eigenvalue weighted by Crippen LogP contribution is 2.37. The van der Waals surface area contributed by atoms with Crippen LogP contribution in [0.5, 0.6) is 0 Å². The van der Waals surface area contributed by atoms with Gasteiger partial charge >= 0.3 is 5.97 Å². The molecule has 5 nitrogen and oxygen atoms in total. The largest absolute Gasteiger partial charge is 0.455 e. The fourth-order valence-corrected chi connectivity index (χ4v) is 11.0. The minimum absolute atomic E-state index is 0.0395. The van der Waals surface area contributed by atoms with Gasteiger partial charge in [0.15, 0.2) is 22.4 Å². The van der Waals surface area contributed by atoms with Crippen LogP contribution in [0.1, 0.15) is 61.3 Å². The molecule has 0 radical (unpaired) electrons. The Labute approximate surface area is 223 Å². The van der Waals surface area contributed by atoms with Crippen molar-refractivity contribution in [2.24, 2.45) is 0 Å². The van der Waals surface area contributed by atoms with Crippen molar-refractivity contribution in [2.45, 2.75) is 115 Å². The number of carbonyl (C=O) groups excluding carboxylic acids is 2. The number of allylic oxidation sites excluding steroid dienone is 1. The molecule has 1 rings (SSSR count). The molecule has 0 aromatic heterocycles. The standard InChI is InChI=1S/C26H45IO5Si2/c1-8-33(9-2,10-3)31-24(21-22(28)18-20-27)26(7,32-34(11-4,12-5)13-6)19-17-23-15-14-16-25(29)30-23/h14,16-20,23-24H,8-13,15,21H2,1-7H3/b19-17+,20-18-/t23-,24-,26-/m1/s1. The lowest BCUT2D eigenvalue weighted by Gasteiger charge is -2.46. The van der Waals surface area contributed by atoms with E-state index in [2.05, 4.69) is 71.1 Å². The van der Waals surface area contributed by atoms with Crippen LogP contribution in [0.3, 0.4) is 0 Å². The van der Waals surface area contributed by atoms with Gasteiger partial charge < -0.3 is 13.6 Å². The summed E-state index contributed by atoms with van der Waals surface area (Å²) in [6.45, 7) is 15.3. The number of esters is 1. The molecule has 0 aromatic carbocycles. The predicted molar refractivity (Wildman–Crippen MR) is 154 cm³/mol. The number of rotatable bonds is 16. The van der Waals surface area contributed by atoms with Gasteiger partial charge in [-0.3, -0.25) is 4.79 Å². The molecular weight excluding hydrogens is 575 g/mol. The molecule has 0 fully saturated rings. The molecule has 0 aromatic rings. The zero-order chi connectivity index (χ0) is 25.8. The van der Waals surface area contributed by atoms with Gasteiger partial charge in [0.25, 0.3) is 0 Å². The summed E-state index contributed by atoms with van der Waals surface area (Å²) in [6, 6.07) is 5.98. The summed E-state index contributed by atoms with van der Waals surface area (Å²) >= 11 is 2.08. The first-order chi connectivity index (χ1) is 16.1. The Bertz CT molecular complexity index is 727. The van der Waals surface area contributed by atoms with Gasteiger partial charge in [0.05, 0.1) is 11.7 Å². The summed E-state index contributed by atoms with van der Waals surface area (Å²) in [5, 5.41) is 0. The van der Waals surface area contributed by atoms with Crippen molar-refractivity contribution < 1.29 is 23.2 Å². The Hall–Kier alpha value is -0.556. The van der Waals surface area contributed by atoms with Crippen molar-refractivity contribution in [3.63, 3.8) is 0 Å². The molecule has 0 N–H and O–H groups in total. The van der Waals surface area contributed by atoms with E-state index in [1.165, 1.54) is 6.08 Å². The third-order valence-electron chi connectivity index (χ3n) is 7.50. The fraction of sp³-hybridized carbons (Fsp3) is 0.692. The summed E-state index contributed by atoms with van der Waals surface area (Å²) in [6.07, 6.45) is 9.05. The van der Waals surface area contributed by atoms with E-state index in [-0.39, 0.29) is 24.3 Å². The van der Waals surface area contributed by atoms with Crippen LogP contribution in [0.25, 0.3) is 0 Å². The summed E-state index contributed by atoms with van der Waals surface area (Å²) in [5.74, 6) is -0.287. The Morgan fingerprint density at radius 2 is 1.68 bits per heavy atom. The van der Waals surface area contributed by atoms with Crippen LogP contribution in [0, 0.1) is 0 Å². The van der Waals surface area contributed by atoms with E-state index in [1.807, 2.05) is 18.2 Å². The third-order valence-corrected chi connectivity index (χ3v) is 17.3. The molecule has 0 unspecified atom stereocenters. The molecule has 0 spiro atoms. The Morgan fingerprint density at radius 1 is 1.12 bits per heavy atom. The average Bonchev–Trinajstić information content (AvgIpc) is 2.84. The highest BCUT2D eigenvalue weighted by molar-refractivity contribution is 14.1. The zero-order valence-electron chi connectivity index (χ0n) is 22.2. The van der Waals surface area contributed by atoms with Gasteiger partial charge in [0.2, 0.25) is 0 Å². The SMILES string of the molecule is CC[Si](CC)(CC)O[C@H](CC(=O)/C=C\I)[C@@](C)(/C=C/[C@H]1CC=CC(=O)O1)O[Si](CC)(CC)CC. The molecule has 0 aliphatic carbocycles. The smallest absolute Gasteiger partial charge is 0.331 e. The molecule has 0 saturated carbocycles. The van der Waals surface area contributed by atoms with Crippen LogP contribution in [0.15, 0.2) is 34.5 Å². The van der Waals surface area contributed by atoms with Crippen molar-refractivity contribution in [1.29, 1.82) is 0 Å². The number of cyclic esters (lactones) is 1. The van der Waals surface area contributed by atoms with Gasteiger partial charge in [0.1, 0.15) is 6.10 Å². The number of hydrogen-bond donors (Lipinski definition) is 0. The van der Waals surface area contributed by atoms with Crippen molar-refractivity contribution in [3.8, 4) is 0 Å². The lowest BCUT2D eigenvalue weighted by molar-refractivity contribution is -0.141. The molecule has 34 heavy (non-hydrogen) atoms. The average molecular weight is 621 g/mol. The molecule has 8 heteroatoms. The Balaban J connectivity index is 3.55.